The Morgan fingerprint density at radius 2 is 1.46 bits per heavy atom. The Hall–Kier alpha value is -0.770. The molecule has 5 heteroatoms. The number of nitrogens with one attached hydrogen (secondary N) is 1. The van der Waals surface area contributed by atoms with Gasteiger partial charge in [-0.2, -0.15) is 0 Å². The van der Waals surface area contributed by atoms with Crippen molar-refractivity contribution in [1.82, 2.24) is 10.2 Å². The molecule has 0 aromatic carbocycles. The molecule has 3 aliphatic rings. The van der Waals surface area contributed by atoms with Crippen molar-refractivity contribution in [2.75, 3.05) is 13.1 Å². The zero-order valence-corrected chi connectivity index (χ0v) is 18.8. The first-order valence-corrected chi connectivity index (χ1v) is 11.9. The van der Waals surface area contributed by atoms with E-state index in [2.05, 4.69) is 26.1 Å². The molecule has 28 heavy (non-hydrogen) atoms. The van der Waals surface area contributed by atoms with Crippen molar-refractivity contribution in [2.24, 2.45) is 23.2 Å². The summed E-state index contributed by atoms with van der Waals surface area (Å²) in [5, 5.41) is 3.26. The fraction of sp³-hybridized carbons (Fsp3) is 0.913. The van der Waals surface area contributed by atoms with Crippen molar-refractivity contribution < 1.29 is 9.59 Å². The second-order valence-corrected chi connectivity index (χ2v) is 11.0. The Morgan fingerprint density at radius 3 is 2.04 bits per heavy atom. The van der Waals surface area contributed by atoms with Gasteiger partial charge in [0.25, 0.3) is 0 Å². The van der Waals surface area contributed by atoms with Gasteiger partial charge in [0.05, 0.1) is 5.38 Å². The molecule has 1 heterocycles. The number of carbonyl (C=O) groups is 2. The van der Waals surface area contributed by atoms with Crippen LogP contribution in [-0.2, 0) is 9.59 Å². The molecule has 0 aromatic rings. The Labute approximate surface area is 176 Å². The van der Waals surface area contributed by atoms with E-state index in [-0.39, 0.29) is 29.2 Å². The molecule has 2 saturated carbocycles. The first kappa shape index (κ1) is 21.9. The molecule has 2 atom stereocenters. The molecule has 0 radical (unpaired) electrons. The number of alkyl halides is 1. The number of amides is 2. The molecule has 1 aliphatic heterocycles. The molecule has 0 aromatic heterocycles. The average Bonchev–Trinajstić information content (AvgIpc) is 2.69. The van der Waals surface area contributed by atoms with Gasteiger partial charge in [-0.15, -0.1) is 11.6 Å². The summed E-state index contributed by atoms with van der Waals surface area (Å²) in [7, 11) is 0. The average molecular weight is 411 g/mol. The molecule has 0 bridgehead atoms. The molecule has 1 saturated heterocycles. The minimum Gasteiger partial charge on any atom is -0.352 e. The van der Waals surface area contributed by atoms with Gasteiger partial charge in [-0.3, -0.25) is 9.59 Å². The van der Waals surface area contributed by atoms with E-state index in [1.807, 2.05) is 4.90 Å². The summed E-state index contributed by atoms with van der Waals surface area (Å²) in [6.45, 7) is 8.40. The van der Waals surface area contributed by atoms with Crippen molar-refractivity contribution in [3.63, 3.8) is 0 Å². The summed E-state index contributed by atoms with van der Waals surface area (Å²) >= 11 is 6.39. The second kappa shape index (κ2) is 9.36. The topological polar surface area (TPSA) is 49.4 Å². The molecule has 3 fully saturated rings. The van der Waals surface area contributed by atoms with Gasteiger partial charge in [-0.05, 0) is 62.7 Å². The van der Waals surface area contributed by atoms with Gasteiger partial charge in [0.2, 0.25) is 11.8 Å². The Balaban J connectivity index is 1.42. The maximum Gasteiger partial charge on any atom is 0.225 e. The largest absolute Gasteiger partial charge is 0.352 e. The van der Waals surface area contributed by atoms with Gasteiger partial charge >= 0.3 is 0 Å². The van der Waals surface area contributed by atoms with Gasteiger partial charge in [0, 0.05) is 31.0 Å². The van der Waals surface area contributed by atoms with E-state index >= 15 is 0 Å². The lowest BCUT2D eigenvalue weighted by molar-refractivity contribution is -0.140. The van der Waals surface area contributed by atoms with E-state index in [4.69, 9.17) is 11.6 Å². The highest BCUT2D eigenvalue weighted by atomic mass is 35.5. The van der Waals surface area contributed by atoms with Crippen LogP contribution in [0.15, 0.2) is 0 Å². The number of hydrogen-bond donors (Lipinski definition) is 1. The van der Waals surface area contributed by atoms with Crippen molar-refractivity contribution in [1.29, 1.82) is 0 Å². The van der Waals surface area contributed by atoms with Crippen LogP contribution >= 0.6 is 11.6 Å². The predicted octanol–water partition coefficient (Wildman–Crippen LogP) is 4.74. The highest BCUT2D eigenvalue weighted by Gasteiger charge is 2.36. The van der Waals surface area contributed by atoms with E-state index in [0.717, 1.165) is 64.0 Å². The van der Waals surface area contributed by atoms with Crippen LogP contribution in [0.5, 0.6) is 0 Å². The van der Waals surface area contributed by atoms with E-state index in [1.54, 1.807) is 0 Å². The van der Waals surface area contributed by atoms with Crippen molar-refractivity contribution in [3.05, 3.63) is 0 Å². The predicted molar refractivity (Wildman–Crippen MR) is 114 cm³/mol. The van der Waals surface area contributed by atoms with Crippen LogP contribution < -0.4 is 5.32 Å². The molecule has 0 spiro atoms. The molecular formula is C23H39ClN2O2. The number of likely N-dealkylation sites (tertiary alicyclic amines) is 1. The zero-order chi connectivity index (χ0) is 20.3. The summed E-state index contributed by atoms with van der Waals surface area (Å²) in [5.74, 6) is 1.45. The number of piperidine rings is 1. The minimum absolute atomic E-state index is 0.0338. The van der Waals surface area contributed by atoms with Crippen molar-refractivity contribution in [3.8, 4) is 0 Å². The third-order valence-electron chi connectivity index (χ3n) is 7.49. The third-order valence-corrected chi connectivity index (χ3v) is 8.01. The Morgan fingerprint density at radius 1 is 0.857 bits per heavy atom. The molecule has 1 N–H and O–H groups in total. The SMILES string of the molecule is CC(C)(C)C1CCC(C(=O)N2CCC(C(=O)NC3CCCCC3Cl)CC2)CC1. The lowest BCUT2D eigenvalue weighted by Gasteiger charge is -2.39. The van der Waals surface area contributed by atoms with Crippen LogP contribution in [0, 0.1) is 23.2 Å². The van der Waals surface area contributed by atoms with Gasteiger partial charge in [-0.1, -0.05) is 33.6 Å². The van der Waals surface area contributed by atoms with Gasteiger partial charge in [0.15, 0.2) is 0 Å². The number of rotatable bonds is 3. The summed E-state index contributed by atoms with van der Waals surface area (Å²) in [6, 6.07) is 0.126. The van der Waals surface area contributed by atoms with Crippen molar-refractivity contribution in [2.45, 2.75) is 96.4 Å². The fourth-order valence-electron chi connectivity index (χ4n) is 5.38. The van der Waals surface area contributed by atoms with Crippen LogP contribution in [0.3, 0.4) is 0 Å². The monoisotopic (exact) mass is 410 g/mol. The number of carbonyl (C=O) groups excluding carboxylic acids is 2. The van der Waals surface area contributed by atoms with Crippen LogP contribution in [0.1, 0.15) is 85.0 Å². The van der Waals surface area contributed by atoms with Gasteiger partial charge in [-0.25, -0.2) is 0 Å². The third kappa shape index (κ3) is 5.43. The first-order chi connectivity index (χ1) is 13.3. The highest BCUT2D eigenvalue weighted by molar-refractivity contribution is 6.21. The standard InChI is InChI=1S/C23H39ClN2O2/c1-23(2,3)18-10-8-17(9-11-18)22(28)26-14-12-16(13-15-26)21(27)25-20-7-5-4-6-19(20)24/h16-20H,4-15H2,1-3H3,(H,25,27). The summed E-state index contributed by atoms with van der Waals surface area (Å²) in [6.07, 6.45) is 10.3. The normalized spacial score (nSPS) is 32.8. The highest BCUT2D eigenvalue weighted by Crippen LogP contribution is 2.40. The molecule has 2 unspecified atom stereocenters. The van der Waals surface area contributed by atoms with Crippen LogP contribution in [0.4, 0.5) is 0 Å². The van der Waals surface area contributed by atoms with Crippen LogP contribution in [0.25, 0.3) is 0 Å². The smallest absolute Gasteiger partial charge is 0.225 e. The maximum absolute atomic E-state index is 13.0. The molecule has 2 amide bonds. The number of hydrogen-bond acceptors (Lipinski definition) is 2. The molecule has 3 rings (SSSR count). The van der Waals surface area contributed by atoms with Gasteiger partial charge in [0.1, 0.15) is 0 Å². The van der Waals surface area contributed by atoms with E-state index in [9.17, 15) is 9.59 Å². The quantitative estimate of drug-likeness (QED) is 0.683. The maximum atomic E-state index is 13.0. The molecule has 2 aliphatic carbocycles. The second-order valence-electron chi connectivity index (χ2n) is 10.4. The summed E-state index contributed by atoms with van der Waals surface area (Å²) < 4.78 is 0. The molecule has 4 nitrogen and oxygen atoms in total. The number of nitrogens with zero attached hydrogens (tertiary/aromatic N) is 1. The Kier molecular flexibility index (Phi) is 7.33. The summed E-state index contributed by atoms with van der Waals surface area (Å²) in [4.78, 5) is 27.6. The molecular weight excluding hydrogens is 372 g/mol. The van der Waals surface area contributed by atoms with E-state index < -0.39 is 0 Å². The lowest BCUT2D eigenvalue weighted by Crippen LogP contribution is -2.49. The summed E-state index contributed by atoms with van der Waals surface area (Å²) in [5.41, 5.74) is 0.347. The fourth-order valence-corrected chi connectivity index (χ4v) is 5.72. The van der Waals surface area contributed by atoms with Crippen LogP contribution in [-0.4, -0.2) is 41.2 Å². The molecule has 160 valence electrons. The van der Waals surface area contributed by atoms with E-state index in [1.165, 1.54) is 19.3 Å². The zero-order valence-electron chi connectivity index (χ0n) is 18.0. The minimum atomic E-state index is 0.0338. The number of halogens is 1. The van der Waals surface area contributed by atoms with Gasteiger partial charge < -0.3 is 10.2 Å². The Bertz CT molecular complexity index is 543. The first-order valence-electron chi connectivity index (χ1n) is 11.5. The van der Waals surface area contributed by atoms with Crippen molar-refractivity contribution >= 4 is 23.4 Å². The lowest BCUT2D eigenvalue weighted by atomic mass is 9.69. The van der Waals surface area contributed by atoms with Crippen LogP contribution in [0.2, 0.25) is 0 Å². The van der Waals surface area contributed by atoms with E-state index in [0.29, 0.717) is 11.3 Å².